The minimum Gasteiger partial charge on any atom is -0.269 e. The number of hydrogen-bond acceptors (Lipinski definition) is 4. The standard InChI is InChI=1S/C7H13Cl3N4O2/c8-1-4-13(5-2-9)11-7(15)14(12-16)6-3-10/h1-6H2,(H,11,15). The number of rotatable bonds is 8. The van der Waals surface area contributed by atoms with Gasteiger partial charge >= 0.3 is 6.03 Å². The molecule has 0 aromatic rings. The van der Waals surface area contributed by atoms with Crippen molar-refractivity contribution < 1.29 is 4.79 Å². The van der Waals surface area contributed by atoms with Crippen molar-refractivity contribution in [3.63, 3.8) is 0 Å². The zero-order valence-electron chi connectivity index (χ0n) is 8.53. The normalized spacial score (nSPS) is 10.2. The van der Waals surface area contributed by atoms with Crippen LogP contribution in [0, 0.1) is 4.91 Å². The van der Waals surface area contributed by atoms with Crippen molar-refractivity contribution in [2.75, 3.05) is 37.3 Å². The highest BCUT2D eigenvalue weighted by atomic mass is 35.5. The lowest BCUT2D eigenvalue weighted by Crippen LogP contribution is -2.49. The van der Waals surface area contributed by atoms with Gasteiger partial charge in [-0.1, -0.05) is 0 Å². The van der Waals surface area contributed by atoms with E-state index in [9.17, 15) is 9.70 Å². The van der Waals surface area contributed by atoms with Crippen molar-refractivity contribution in [2.45, 2.75) is 0 Å². The molecule has 9 heteroatoms. The molecule has 2 amide bonds. The SMILES string of the molecule is O=NN(CCCl)C(=O)NN(CCCl)CCCl. The second kappa shape index (κ2) is 9.89. The maximum atomic E-state index is 11.5. The number of nitrogens with one attached hydrogen (secondary N) is 1. The maximum absolute atomic E-state index is 11.5. The number of hydrogen-bond donors (Lipinski definition) is 1. The third kappa shape index (κ3) is 6.32. The zero-order valence-corrected chi connectivity index (χ0v) is 10.8. The first kappa shape index (κ1) is 15.7. The molecule has 0 aromatic carbocycles. The Kier molecular flexibility index (Phi) is 9.71. The Morgan fingerprint density at radius 3 is 1.94 bits per heavy atom. The largest absolute Gasteiger partial charge is 0.354 e. The fourth-order valence-corrected chi connectivity index (χ4v) is 1.45. The van der Waals surface area contributed by atoms with Crippen molar-refractivity contribution in [1.82, 2.24) is 15.4 Å². The topological polar surface area (TPSA) is 65.0 Å². The molecule has 0 saturated heterocycles. The van der Waals surface area contributed by atoms with E-state index >= 15 is 0 Å². The molecule has 0 saturated carbocycles. The van der Waals surface area contributed by atoms with Gasteiger partial charge in [-0.15, -0.1) is 39.7 Å². The third-order valence-electron chi connectivity index (χ3n) is 1.59. The zero-order chi connectivity index (χ0) is 12.4. The van der Waals surface area contributed by atoms with Gasteiger partial charge in [-0.2, -0.15) is 5.01 Å². The first-order valence-electron chi connectivity index (χ1n) is 4.53. The number of nitroso groups, excluding NO2 is 1. The van der Waals surface area contributed by atoms with Crippen LogP contribution >= 0.6 is 34.8 Å². The molecule has 0 aliphatic heterocycles. The molecule has 0 bridgehead atoms. The molecule has 0 aliphatic rings. The van der Waals surface area contributed by atoms with E-state index in [-0.39, 0.29) is 12.4 Å². The first-order chi connectivity index (χ1) is 7.69. The van der Waals surface area contributed by atoms with E-state index in [1.807, 2.05) is 0 Å². The summed E-state index contributed by atoms with van der Waals surface area (Å²) in [6.07, 6.45) is 0. The van der Waals surface area contributed by atoms with E-state index < -0.39 is 6.03 Å². The molecular formula is C7H13Cl3N4O2. The highest BCUT2D eigenvalue weighted by Gasteiger charge is 2.16. The number of halogens is 3. The van der Waals surface area contributed by atoms with Crippen LogP contribution in [0.1, 0.15) is 0 Å². The molecule has 0 rings (SSSR count). The number of hydrazine groups is 1. The predicted octanol–water partition coefficient (Wildman–Crippen LogP) is 1.61. The summed E-state index contributed by atoms with van der Waals surface area (Å²) < 4.78 is 0. The summed E-state index contributed by atoms with van der Waals surface area (Å²) in [5, 5.41) is 4.75. The molecule has 0 heterocycles. The van der Waals surface area contributed by atoms with Crippen LogP contribution < -0.4 is 5.43 Å². The number of urea groups is 1. The van der Waals surface area contributed by atoms with Gasteiger partial charge in [0.2, 0.25) is 0 Å². The number of amides is 2. The minimum atomic E-state index is -0.647. The number of nitrogens with zero attached hydrogens (tertiary/aromatic N) is 3. The molecule has 94 valence electrons. The Balaban J connectivity index is 4.18. The molecule has 1 N–H and O–H groups in total. The highest BCUT2D eigenvalue weighted by molar-refractivity contribution is 6.18. The Morgan fingerprint density at radius 1 is 1.06 bits per heavy atom. The highest BCUT2D eigenvalue weighted by Crippen LogP contribution is 1.95. The fraction of sp³-hybridized carbons (Fsp3) is 0.857. The lowest BCUT2D eigenvalue weighted by molar-refractivity contribution is 0.156. The summed E-state index contributed by atoms with van der Waals surface area (Å²) >= 11 is 16.5. The van der Waals surface area contributed by atoms with Crippen LogP contribution in [0.2, 0.25) is 0 Å². The van der Waals surface area contributed by atoms with Crippen LogP contribution in [-0.4, -0.2) is 53.3 Å². The Bertz CT molecular complexity index is 214. The van der Waals surface area contributed by atoms with Crippen LogP contribution in [0.25, 0.3) is 0 Å². The summed E-state index contributed by atoms with van der Waals surface area (Å²) in [6.45, 7) is 0.896. The second-order valence-corrected chi connectivity index (χ2v) is 3.81. The summed E-state index contributed by atoms with van der Waals surface area (Å²) in [7, 11) is 0. The average molecular weight is 292 g/mol. The first-order valence-corrected chi connectivity index (χ1v) is 6.14. The predicted molar refractivity (Wildman–Crippen MR) is 64.8 cm³/mol. The van der Waals surface area contributed by atoms with Crippen molar-refractivity contribution in [2.24, 2.45) is 5.29 Å². The molecule has 0 aliphatic carbocycles. The van der Waals surface area contributed by atoms with Gasteiger partial charge in [-0.05, 0) is 0 Å². The summed E-state index contributed by atoms with van der Waals surface area (Å²) in [5.74, 6) is 0.798. The minimum absolute atomic E-state index is 0.0481. The van der Waals surface area contributed by atoms with Gasteiger partial charge in [0.1, 0.15) is 0 Å². The van der Waals surface area contributed by atoms with Crippen molar-refractivity contribution in [3.05, 3.63) is 4.91 Å². The van der Waals surface area contributed by atoms with Gasteiger partial charge < -0.3 is 0 Å². The molecule has 0 atom stereocenters. The lowest BCUT2D eigenvalue weighted by atomic mass is 10.6. The average Bonchev–Trinajstić information content (AvgIpc) is 2.26. The molecular weight excluding hydrogens is 278 g/mol. The molecule has 0 aromatic heterocycles. The van der Waals surface area contributed by atoms with Crippen molar-refractivity contribution >= 4 is 40.8 Å². The van der Waals surface area contributed by atoms with Gasteiger partial charge in [0.15, 0.2) is 0 Å². The molecule has 16 heavy (non-hydrogen) atoms. The Hall–Kier alpha value is -0.300. The van der Waals surface area contributed by atoms with Crippen LogP contribution in [0.5, 0.6) is 0 Å². The molecule has 0 fully saturated rings. The quantitative estimate of drug-likeness (QED) is 0.420. The van der Waals surface area contributed by atoms with Gasteiger partial charge in [-0.3, -0.25) is 5.43 Å². The molecule has 0 unspecified atom stereocenters. The molecule has 6 nitrogen and oxygen atoms in total. The summed E-state index contributed by atoms with van der Waals surface area (Å²) in [6, 6.07) is -0.647. The van der Waals surface area contributed by atoms with Crippen LogP contribution in [0.15, 0.2) is 5.29 Å². The van der Waals surface area contributed by atoms with E-state index in [1.165, 1.54) is 5.01 Å². The number of carbonyl (C=O) groups is 1. The van der Waals surface area contributed by atoms with Gasteiger partial charge in [-0.25, -0.2) is 9.80 Å². The number of alkyl halides is 3. The van der Waals surface area contributed by atoms with Crippen LogP contribution in [-0.2, 0) is 0 Å². The van der Waals surface area contributed by atoms with E-state index in [0.29, 0.717) is 29.9 Å². The maximum Gasteiger partial charge on any atom is 0.354 e. The smallest absolute Gasteiger partial charge is 0.269 e. The van der Waals surface area contributed by atoms with Gasteiger partial charge in [0, 0.05) is 30.7 Å². The Labute approximate surface area is 109 Å². The fourth-order valence-electron chi connectivity index (χ4n) is 0.880. The van der Waals surface area contributed by atoms with Crippen LogP contribution in [0.4, 0.5) is 4.79 Å². The number of carbonyl (C=O) groups excluding carboxylic acids is 1. The monoisotopic (exact) mass is 290 g/mol. The van der Waals surface area contributed by atoms with E-state index in [1.54, 1.807) is 0 Å². The van der Waals surface area contributed by atoms with E-state index in [0.717, 1.165) is 0 Å². The van der Waals surface area contributed by atoms with E-state index in [2.05, 4.69) is 10.7 Å². The van der Waals surface area contributed by atoms with Gasteiger partial charge in [0.25, 0.3) is 0 Å². The van der Waals surface area contributed by atoms with Crippen molar-refractivity contribution in [3.8, 4) is 0 Å². The third-order valence-corrected chi connectivity index (χ3v) is 2.10. The molecule has 0 radical (unpaired) electrons. The van der Waals surface area contributed by atoms with Crippen LogP contribution in [0.3, 0.4) is 0 Å². The molecule has 0 spiro atoms. The second-order valence-electron chi connectivity index (χ2n) is 2.68. The summed E-state index contributed by atoms with van der Waals surface area (Å²) in [4.78, 5) is 21.8. The lowest BCUT2D eigenvalue weighted by Gasteiger charge is -2.23. The van der Waals surface area contributed by atoms with Crippen molar-refractivity contribution in [1.29, 1.82) is 0 Å². The van der Waals surface area contributed by atoms with Gasteiger partial charge in [0.05, 0.1) is 11.8 Å². The summed E-state index contributed by atoms with van der Waals surface area (Å²) in [5.41, 5.74) is 2.45. The Morgan fingerprint density at radius 2 is 1.56 bits per heavy atom. The van der Waals surface area contributed by atoms with E-state index in [4.69, 9.17) is 34.8 Å².